The van der Waals surface area contributed by atoms with Crippen molar-refractivity contribution in [3.8, 4) is 5.75 Å². The van der Waals surface area contributed by atoms with Gasteiger partial charge in [0.15, 0.2) is 0 Å². The van der Waals surface area contributed by atoms with E-state index in [-0.39, 0.29) is 11.0 Å². The van der Waals surface area contributed by atoms with Crippen LogP contribution >= 0.6 is 0 Å². The minimum atomic E-state index is -3.51. The number of nitrogens with one attached hydrogen (secondary N) is 1. The Hall–Kier alpha value is -1.79. The monoisotopic (exact) mass is 376 g/mol. The van der Waals surface area contributed by atoms with Gasteiger partial charge in [-0.15, -0.1) is 0 Å². The summed E-state index contributed by atoms with van der Waals surface area (Å²) in [6, 6.07) is 9.38. The van der Waals surface area contributed by atoms with Crippen molar-refractivity contribution in [1.82, 2.24) is 9.29 Å². The maximum Gasteiger partial charge on any atom is 0.240 e. The Labute approximate surface area is 156 Å². The highest BCUT2D eigenvalue weighted by atomic mass is 32.2. The summed E-state index contributed by atoms with van der Waals surface area (Å²) in [5.41, 5.74) is 3.75. The molecule has 0 saturated heterocycles. The van der Waals surface area contributed by atoms with Crippen LogP contribution in [0.25, 0.3) is 0 Å². The molecule has 0 atom stereocenters. The van der Waals surface area contributed by atoms with E-state index >= 15 is 0 Å². The van der Waals surface area contributed by atoms with Crippen molar-refractivity contribution in [2.75, 3.05) is 6.54 Å². The van der Waals surface area contributed by atoms with Gasteiger partial charge in [0.05, 0.1) is 11.0 Å². The van der Waals surface area contributed by atoms with Crippen molar-refractivity contribution in [3.05, 3.63) is 47.3 Å². The highest BCUT2D eigenvalue weighted by Gasteiger charge is 2.26. The predicted octanol–water partition coefficient (Wildman–Crippen LogP) is 3.75. The van der Waals surface area contributed by atoms with Crippen molar-refractivity contribution in [2.24, 2.45) is 0 Å². The second-order valence-electron chi connectivity index (χ2n) is 7.28. The van der Waals surface area contributed by atoms with Crippen LogP contribution in [-0.4, -0.2) is 25.6 Å². The third-order valence-corrected chi connectivity index (χ3v) is 6.17. The summed E-state index contributed by atoms with van der Waals surface area (Å²) < 4.78 is 35.6. The first kappa shape index (κ1) is 19.0. The molecular weight excluding hydrogens is 348 g/mol. The first-order chi connectivity index (χ1) is 12.3. The molecule has 26 heavy (non-hydrogen) atoms. The van der Waals surface area contributed by atoms with Gasteiger partial charge in [-0.2, -0.15) is 0 Å². The molecule has 1 fully saturated rings. The summed E-state index contributed by atoms with van der Waals surface area (Å²) in [5.74, 6) is 0.673. The Balaban J connectivity index is 1.61. The van der Waals surface area contributed by atoms with E-state index in [0.717, 1.165) is 0 Å². The normalized spacial score (nSPS) is 14.8. The number of sulfonamides is 1. The van der Waals surface area contributed by atoms with Gasteiger partial charge in [-0.25, -0.2) is 13.1 Å². The van der Waals surface area contributed by atoms with Gasteiger partial charge in [0.2, 0.25) is 10.0 Å². The molecule has 3 rings (SSSR count). The smallest absolute Gasteiger partial charge is 0.240 e. The molecule has 0 radical (unpaired) electrons. The lowest BCUT2D eigenvalue weighted by Gasteiger charge is -2.11. The lowest BCUT2D eigenvalue weighted by molar-refractivity contribution is 0.242. The van der Waals surface area contributed by atoms with Gasteiger partial charge in [-0.1, -0.05) is 0 Å². The van der Waals surface area contributed by atoms with E-state index < -0.39 is 10.0 Å². The quantitative estimate of drug-likeness (QED) is 0.763. The fourth-order valence-corrected chi connectivity index (χ4v) is 4.40. The first-order valence-electron chi connectivity index (χ1n) is 9.21. The third kappa shape index (κ3) is 4.30. The van der Waals surface area contributed by atoms with Crippen LogP contribution < -0.4 is 9.46 Å². The van der Waals surface area contributed by atoms with Crippen LogP contribution in [0.15, 0.2) is 35.2 Å². The van der Waals surface area contributed by atoms with Crippen LogP contribution in [0.4, 0.5) is 0 Å². The largest absolute Gasteiger partial charge is 0.491 e. The highest BCUT2D eigenvalue weighted by molar-refractivity contribution is 7.89. The van der Waals surface area contributed by atoms with Crippen LogP contribution in [0.2, 0.25) is 0 Å². The Morgan fingerprint density at radius 3 is 2.42 bits per heavy atom. The van der Waals surface area contributed by atoms with Crippen molar-refractivity contribution in [1.29, 1.82) is 0 Å². The van der Waals surface area contributed by atoms with E-state index in [2.05, 4.69) is 29.2 Å². The van der Waals surface area contributed by atoms with Gasteiger partial charge in [0.1, 0.15) is 5.75 Å². The summed E-state index contributed by atoms with van der Waals surface area (Å²) in [6.45, 7) is 8.52. The van der Waals surface area contributed by atoms with Crippen molar-refractivity contribution in [3.63, 3.8) is 0 Å². The van der Waals surface area contributed by atoms with E-state index in [9.17, 15) is 8.42 Å². The lowest BCUT2D eigenvalue weighted by atomic mass is 10.2. The SMILES string of the molecule is Cc1cc(CCNS(=O)(=O)c2ccc(OC(C)C)cc2)c(C)n1C1CC1. The van der Waals surface area contributed by atoms with Gasteiger partial charge >= 0.3 is 0 Å². The van der Waals surface area contributed by atoms with E-state index in [0.29, 0.717) is 24.8 Å². The number of benzene rings is 1. The van der Waals surface area contributed by atoms with E-state index in [1.54, 1.807) is 24.3 Å². The molecule has 1 saturated carbocycles. The molecule has 2 aromatic rings. The van der Waals surface area contributed by atoms with Gasteiger partial charge in [0, 0.05) is 24.0 Å². The van der Waals surface area contributed by atoms with Crippen LogP contribution in [0.1, 0.15) is 49.7 Å². The number of nitrogens with zero attached hydrogens (tertiary/aromatic N) is 1. The fourth-order valence-electron chi connectivity index (χ4n) is 3.37. The van der Waals surface area contributed by atoms with E-state index in [4.69, 9.17) is 4.74 Å². The molecule has 5 nitrogen and oxygen atoms in total. The maximum atomic E-state index is 12.5. The fraction of sp³-hybridized carbons (Fsp3) is 0.500. The summed E-state index contributed by atoms with van der Waals surface area (Å²) >= 11 is 0. The molecule has 1 aromatic carbocycles. The second-order valence-corrected chi connectivity index (χ2v) is 9.05. The van der Waals surface area contributed by atoms with Crippen molar-refractivity contribution < 1.29 is 13.2 Å². The number of hydrogen-bond acceptors (Lipinski definition) is 3. The summed E-state index contributed by atoms with van der Waals surface area (Å²) in [4.78, 5) is 0.261. The van der Waals surface area contributed by atoms with Gasteiger partial charge in [0.25, 0.3) is 0 Å². The van der Waals surface area contributed by atoms with E-state index in [1.165, 1.54) is 29.8 Å². The molecule has 0 amide bonds. The van der Waals surface area contributed by atoms with Crippen molar-refractivity contribution in [2.45, 2.75) is 64.0 Å². The molecule has 1 N–H and O–H groups in total. The lowest BCUT2D eigenvalue weighted by Crippen LogP contribution is -2.26. The van der Waals surface area contributed by atoms with Crippen LogP contribution in [0.5, 0.6) is 5.75 Å². The molecule has 1 aliphatic rings. The summed E-state index contributed by atoms with van der Waals surface area (Å²) in [5, 5.41) is 0. The predicted molar refractivity (Wildman–Crippen MR) is 103 cm³/mol. The zero-order valence-corrected chi connectivity index (χ0v) is 16.8. The molecule has 6 heteroatoms. The van der Waals surface area contributed by atoms with Crippen molar-refractivity contribution >= 4 is 10.0 Å². The Morgan fingerprint density at radius 1 is 1.19 bits per heavy atom. The average Bonchev–Trinajstić information content (AvgIpc) is 3.34. The molecule has 1 aliphatic carbocycles. The Morgan fingerprint density at radius 2 is 1.85 bits per heavy atom. The summed E-state index contributed by atoms with van der Waals surface area (Å²) in [7, 11) is -3.51. The van der Waals surface area contributed by atoms with Crippen LogP contribution in [0.3, 0.4) is 0 Å². The first-order valence-corrected chi connectivity index (χ1v) is 10.7. The number of aromatic nitrogens is 1. The molecule has 0 aliphatic heterocycles. The molecule has 1 aromatic heterocycles. The zero-order valence-electron chi connectivity index (χ0n) is 16.0. The second kappa shape index (κ2) is 7.45. The van der Waals surface area contributed by atoms with Crippen LogP contribution in [-0.2, 0) is 16.4 Å². The number of aryl methyl sites for hydroxylation is 1. The van der Waals surface area contributed by atoms with Crippen LogP contribution in [0, 0.1) is 13.8 Å². The minimum Gasteiger partial charge on any atom is -0.491 e. The van der Waals surface area contributed by atoms with Gasteiger partial charge < -0.3 is 9.30 Å². The Kier molecular flexibility index (Phi) is 5.44. The van der Waals surface area contributed by atoms with Gasteiger partial charge in [-0.3, -0.25) is 0 Å². The number of ether oxygens (including phenoxy) is 1. The highest BCUT2D eigenvalue weighted by Crippen LogP contribution is 2.38. The maximum absolute atomic E-state index is 12.5. The molecule has 0 spiro atoms. The molecule has 0 unspecified atom stereocenters. The number of hydrogen-bond donors (Lipinski definition) is 1. The number of rotatable bonds is 8. The molecule has 0 bridgehead atoms. The minimum absolute atomic E-state index is 0.0604. The molecular formula is C20H28N2O3S. The van der Waals surface area contributed by atoms with Gasteiger partial charge in [-0.05, 0) is 82.9 Å². The Bertz CT molecular complexity index is 863. The summed E-state index contributed by atoms with van der Waals surface area (Å²) in [6.07, 6.45) is 3.25. The molecule has 1 heterocycles. The molecule has 142 valence electrons. The standard InChI is InChI=1S/C20H28N2O3S/c1-14(2)25-19-7-9-20(10-8-19)26(23,24)21-12-11-17-13-15(3)22(16(17)4)18-5-6-18/h7-10,13-14,18,21H,5-6,11-12H2,1-4H3. The van der Waals surface area contributed by atoms with E-state index in [1.807, 2.05) is 13.8 Å². The topological polar surface area (TPSA) is 60.3 Å². The average molecular weight is 377 g/mol. The zero-order chi connectivity index (χ0) is 18.9. The third-order valence-electron chi connectivity index (χ3n) is 4.69.